The Balaban J connectivity index is 1.62. The molecule has 0 radical (unpaired) electrons. The van der Waals surface area contributed by atoms with Gasteiger partial charge >= 0.3 is 0 Å². The largest absolute Gasteiger partial charge is 0.481 e. The summed E-state index contributed by atoms with van der Waals surface area (Å²) in [6.45, 7) is 3.65. The van der Waals surface area contributed by atoms with E-state index in [9.17, 15) is 9.59 Å². The van der Waals surface area contributed by atoms with Gasteiger partial charge in [-0.05, 0) is 55.8 Å². The number of amides is 1. The molecule has 0 saturated heterocycles. The number of ketones is 1. The second-order valence-electron chi connectivity index (χ2n) is 6.34. The van der Waals surface area contributed by atoms with Crippen molar-refractivity contribution in [2.75, 3.05) is 5.32 Å². The lowest BCUT2D eigenvalue weighted by atomic mass is 10.0. The van der Waals surface area contributed by atoms with Gasteiger partial charge in [0.05, 0.1) is 0 Å². The lowest BCUT2D eigenvalue weighted by Gasteiger charge is -2.15. The van der Waals surface area contributed by atoms with Crippen LogP contribution in [-0.4, -0.2) is 17.8 Å². The molecule has 0 aliphatic rings. The van der Waals surface area contributed by atoms with Crippen LogP contribution < -0.4 is 10.1 Å². The summed E-state index contributed by atoms with van der Waals surface area (Å²) in [6.07, 6.45) is -0.666. The summed E-state index contributed by atoms with van der Waals surface area (Å²) in [5.74, 6) is 0.254. The Bertz CT molecular complexity index is 933. The van der Waals surface area contributed by atoms with Crippen molar-refractivity contribution in [1.29, 1.82) is 0 Å². The number of ether oxygens (including phenoxy) is 1. The monoisotopic (exact) mass is 359 g/mol. The minimum absolute atomic E-state index is 0.0487. The van der Waals surface area contributed by atoms with Crippen LogP contribution in [0.1, 0.15) is 28.4 Å². The maximum absolute atomic E-state index is 12.4. The Hall–Kier alpha value is -3.40. The van der Waals surface area contributed by atoms with Crippen molar-refractivity contribution in [3.63, 3.8) is 0 Å². The van der Waals surface area contributed by atoms with Crippen LogP contribution in [0.15, 0.2) is 78.9 Å². The molecule has 0 fully saturated rings. The maximum atomic E-state index is 12.4. The summed E-state index contributed by atoms with van der Waals surface area (Å²) in [6, 6.07) is 23.5. The van der Waals surface area contributed by atoms with Crippen molar-refractivity contribution in [2.45, 2.75) is 20.0 Å². The van der Waals surface area contributed by atoms with Gasteiger partial charge in [-0.25, -0.2) is 0 Å². The predicted molar refractivity (Wildman–Crippen MR) is 106 cm³/mol. The van der Waals surface area contributed by atoms with Crippen molar-refractivity contribution in [3.8, 4) is 5.75 Å². The zero-order valence-electron chi connectivity index (χ0n) is 15.3. The highest BCUT2D eigenvalue weighted by molar-refractivity contribution is 6.09. The third-order valence-corrected chi connectivity index (χ3v) is 4.12. The number of aryl methyl sites for hydroxylation is 1. The number of hydrogen-bond acceptors (Lipinski definition) is 3. The molecule has 0 unspecified atom stereocenters. The topological polar surface area (TPSA) is 55.4 Å². The van der Waals surface area contributed by atoms with Crippen LogP contribution in [0.3, 0.4) is 0 Å². The molecule has 1 atom stereocenters. The maximum Gasteiger partial charge on any atom is 0.265 e. The molecule has 136 valence electrons. The molecule has 0 spiro atoms. The molecule has 0 aromatic heterocycles. The summed E-state index contributed by atoms with van der Waals surface area (Å²) >= 11 is 0. The molecule has 3 aromatic rings. The smallest absolute Gasteiger partial charge is 0.265 e. The normalized spacial score (nSPS) is 11.5. The van der Waals surface area contributed by atoms with Crippen molar-refractivity contribution < 1.29 is 14.3 Å². The van der Waals surface area contributed by atoms with Crippen LogP contribution >= 0.6 is 0 Å². The number of nitrogens with one attached hydrogen (secondary N) is 1. The van der Waals surface area contributed by atoms with Crippen LogP contribution in [0.4, 0.5) is 5.69 Å². The quantitative estimate of drug-likeness (QED) is 0.653. The molecule has 3 rings (SSSR count). The lowest BCUT2D eigenvalue weighted by Crippen LogP contribution is -2.30. The molecular weight excluding hydrogens is 338 g/mol. The zero-order valence-corrected chi connectivity index (χ0v) is 15.3. The number of benzene rings is 3. The summed E-state index contributed by atoms with van der Waals surface area (Å²) in [4.78, 5) is 24.7. The summed E-state index contributed by atoms with van der Waals surface area (Å²) < 4.78 is 5.70. The Morgan fingerprint density at radius 2 is 1.52 bits per heavy atom. The first-order valence-electron chi connectivity index (χ1n) is 8.77. The van der Waals surface area contributed by atoms with E-state index in [1.165, 1.54) is 0 Å². The van der Waals surface area contributed by atoms with E-state index in [1.54, 1.807) is 43.3 Å². The van der Waals surface area contributed by atoms with E-state index >= 15 is 0 Å². The van der Waals surface area contributed by atoms with Gasteiger partial charge in [0.2, 0.25) is 0 Å². The molecule has 27 heavy (non-hydrogen) atoms. The summed E-state index contributed by atoms with van der Waals surface area (Å²) in [5, 5.41) is 2.84. The van der Waals surface area contributed by atoms with E-state index in [2.05, 4.69) is 5.32 Å². The molecule has 4 heteroatoms. The highest BCUT2D eigenvalue weighted by atomic mass is 16.5. The SMILES string of the molecule is Cc1cccc(NC(=O)[C@@H](C)Oc2ccc(C(=O)c3ccccc3)cc2)c1. The molecule has 0 aliphatic carbocycles. The van der Waals surface area contributed by atoms with Crippen LogP contribution in [-0.2, 0) is 4.79 Å². The van der Waals surface area contributed by atoms with E-state index in [0.29, 0.717) is 16.9 Å². The predicted octanol–water partition coefficient (Wildman–Crippen LogP) is 4.63. The molecule has 0 aliphatic heterocycles. The third kappa shape index (κ3) is 4.82. The second kappa shape index (κ2) is 8.32. The van der Waals surface area contributed by atoms with E-state index in [-0.39, 0.29) is 11.7 Å². The Morgan fingerprint density at radius 3 is 2.19 bits per heavy atom. The average molecular weight is 359 g/mol. The van der Waals surface area contributed by atoms with E-state index in [4.69, 9.17) is 4.74 Å². The molecule has 1 N–H and O–H groups in total. The highest BCUT2D eigenvalue weighted by Crippen LogP contribution is 2.17. The van der Waals surface area contributed by atoms with Crippen molar-refractivity contribution in [3.05, 3.63) is 95.6 Å². The first-order valence-corrected chi connectivity index (χ1v) is 8.77. The molecule has 1 amide bonds. The van der Waals surface area contributed by atoms with Gasteiger partial charge in [-0.1, -0.05) is 42.5 Å². The Labute approximate surface area is 158 Å². The van der Waals surface area contributed by atoms with Gasteiger partial charge in [-0.3, -0.25) is 9.59 Å². The fourth-order valence-corrected chi connectivity index (χ4v) is 2.67. The first-order chi connectivity index (χ1) is 13.0. The second-order valence-corrected chi connectivity index (χ2v) is 6.34. The van der Waals surface area contributed by atoms with Crippen LogP contribution in [0.2, 0.25) is 0 Å². The van der Waals surface area contributed by atoms with Gasteiger partial charge in [0.25, 0.3) is 5.91 Å². The molecule has 0 bridgehead atoms. The van der Waals surface area contributed by atoms with Gasteiger partial charge in [0.1, 0.15) is 5.75 Å². The van der Waals surface area contributed by atoms with E-state index in [1.807, 2.05) is 49.4 Å². The fraction of sp³-hybridized carbons (Fsp3) is 0.130. The van der Waals surface area contributed by atoms with Gasteiger partial charge in [-0.15, -0.1) is 0 Å². The average Bonchev–Trinajstić information content (AvgIpc) is 2.68. The molecule has 3 aromatic carbocycles. The lowest BCUT2D eigenvalue weighted by molar-refractivity contribution is -0.122. The van der Waals surface area contributed by atoms with Crippen molar-refractivity contribution in [2.24, 2.45) is 0 Å². The minimum atomic E-state index is -0.666. The molecular formula is C23H21NO3. The van der Waals surface area contributed by atoms with Gasteiger partial charge < -0.3 is 10.1 Å². The highest BCUT2D eigenvalue weighted by Gasteiger charge is 2.15. The van der Waals surface area contributed by atoms with E-state index in [0.717, 1.165) is 11.3 Å². The molecule has 0 saturated carbocycles. The number of carbonyl (C=O) groups is 2. The molecule has 0 heterocycles. The zero-order chi connectivity index (χ0) is 19.2. The first kappa shape index (κ1) is 18.4. The summed E-state index contributed by atoms with van der Waals surface area (Å²) in [5.41, 5.74) is 3.02. The number of carbonyl (C=O) groups excluding carboxylic acids is 2. The summed E-state index contributed by atoms with van der Waals surface area (Å²) in [7, 11) is 0. The van der Waals surface area contributed by atoms with Crippen molar-refractivity contribution in [1.82, 2.24) is 0 Å². The minimum Gasteiger partial charge on any atom is -0.481 e. The third-order valence-electron chi connectivity index (χ3n) is 4.12. The Kier molecular flexibility index (Phi) is 5.67. The van der Waals surface area contributed by atoms with Crippen molar-refractivity contribution >= 4 is 17.4 Å². The van der Waals surface area contributed by atoms with Crippen LogP contribution in [0.25, 0.3) is 0 Å². The number of anilines is 1. The number of rotatable bonds is 6. The Morgan fingerprint density at radius 1 is 0.852 bits per heavy atom. The van der Waals surface area contributed by atoms with Crippen LogP contribution in [0.5, 0.6) is 5.75 Å². The number of hydrogen-bond donors (Lipinski definition) is 1. The van der Waals surface area contributed by atoms with Gasteiger partial charge in [0, 0.05) is 16.8 Å². The van der Waals surface area contributed by atoms with Gasteiger partial charge in [0.15, 0.2) is 11.9 Å². The standard InChI is InChI=1S/C23H21NO3/c1-16-7-6-10-20(15-16)24-23(26)17(2)27-21-13-11-19(12-14-21)22(25)18-8-4-3-5-9-18/h3-15,17H,1-2H3,(H,24,26)/t17-/m1/s1. The van der Waals surface area contributed by atoms with E-state index < -0.39 is 6.10 Å². The fourth-order valence-electron chi connectivity index (χ4n) is 2.67. The van der Waals surface area contributed by atoms with Gasteiger partial charge in [-0.2, -0.15) is 0 Å². The molecule has 4 nitrogen and oxygen atoms in total. The van der Waals surface area contributed by atoms with Crippen LogP contribution in [0, 0.1) is 6.92 Å².